The van der Waals surface area contributed by atoms with Crippen molar-refractivity contribution in [3.05, 3.63) is 65.9 Å². The molecule has 2 amide bonds. The molecule has 2 aliphatic rings. The molecule has 2 aromatic carbocycles. The SMILES string of the molecule is CN1CCN(c2ccc(N/C=C3\C(=O)NC(=O)c4ccccc43)cc2)CC1. The molecule has 4 rings (SSSR count). The molecule has 2 N–H and O–H groups in total. The van der Waals surface area contributed by atoms with Gasteiger partial charge in [-0.1, -0.05) is 18.2 Å². The smallest absolute Gasteiger partial charge is 0.260 e. The van der Waals surface area contributed by atoms with Gasteiger partial charge in [-0.2, -0.15) is 0 Å². The van der Waals surface area contributed by atoms with E-state index in [-0.39, 0.29) is 11.8 Å². The summed E-state index contributed by atoms with van der Waals surface area (Å²) in [5, 5.41) is 5.56. The Morgan fingerprint density at radius 1 is 0.889 bits per heavy atom. The Kier molecular flexibility index (Phi) is 4.64. The molecule has 0 radical (unpaired) electrons. The fourth-order valence-electron chi connectivity index (χ4n) is 3.41. The highest BCUT2D eigenvalue weighted by molar-refractivity contribution is 6.31. The van der Waals surface area contributed by atoms with Gasteiger partial charge < -0.3 is 15.1 Å². The van der Waals surface area contributed by atoms with E-state index >= 15 is 0 Å². The third kappa shape index (κ3) is 3.57. The van der Waals surface area contributed by atoms with Crippen LogP contribution in [-0.2, 0) is 4.79 Å². The Labute approximate surface area is 158 Å². The normalized spacial score (nSPS) is 19.0. The molecule has 6 nitrogen and oxygen atoms in total. The predicted octanol–water partition coefficient (Wildman–Crippen LogP) is 2.16. The van der Waals surface area contributed by atoms with E-state index in [2.05, 4.69) is 39.6 Å². The molecule has 1 fully saturated rings. The first-order valence-corrected chi connectivity index (χ1v) is 9.07. The first-order chi connectivity index (χ1) is 13.1. The number of hydrogen-bond donors (Lipinski definition) is 2. The minimum atomic E-state index is -0.389. The topological polar surface area (TPSA) is 64.7 Å². The first-order valence-electron chi connectivity index (χ1n) is 9.07. The van der Waals surface area contributed by atoms with Crippen LogP contribution in [0.1, 0.15) is 15.9 Å². The van der Waals surface area contributed by atoms with Gasteiger partial charge in [0.15, 0.2) is 0 Å². The molecule has 138 valence electrons. The molecule has 1 saturated heterocycles. The molecule has 0 spiro atoms. The largest absolute Gasteiger partial charge is 0.369 e. The van der Waals surface area contributed by atoms with E-state index in [1.54, 1.807) is 24.4 Å². The zero-order valence-corrected chi connectivity index (χ0v) is 15.2. The number of imide groups is 1. The summed E-state index contributed by atoms with van der Waals surface area (Å²) in [5.41, 5.74) is 3.70. The van der Waals surface area contributed by atoms with Gasteiger partial charge in [-0.05, 0) is 37.4 Å². The lowest BCUT2D eigenvalue weighted by atomic mass is 9.96. The highest BCUT2D eigenvalue weighted by atomic mass is 16.2. The second kappa shape index (κ2) is 7.25. The fraction of sp³-hybridized carbons (Fsp3) is 0.238. The first kappa shape index (κ1) is 17.3. The number of carbonyl (C=O) groups is 2. The molecule has 0 aromatic heterocycles. The lowest BCUT2D eigenvalue weighted by Gasteiger charge is -2.34. The van der Waals surface area contributed by atoms with E-state index in [0.29, 0.717) is 16.7 Å². The minimum absolute atomic E-state index is 0.357. The number of carbonyl (C=O) groups excluding carboxylic acids is 2. The van der Waals surface area contributed by atoms with Crippen molar-refractivity contribution in [3.8, 4) is 0 Å². The third-order valence-electron chi connectivity index (χ3n) is 5.05. The molecule has 0 unspecified atom stereocenters. The molecule has 6 heteroatoms. The van der Waals surface area contributed by atoms with Gasteiger partial charge in [-0.25, -0.2) is 0 Å². The Morgan fingerprint density at radius 3 is 2.26 bits per heavy atom. The van der Waals surface area contributed by atoms with Gasteiger partial charge in [0.1, 0.15) is 0 Å². The van der Waals surface area contributed by atoms with E-state index in [0.717, 1.165) is 31.9 Å². The average Bonchev–Trinajstić information content (AvgIpc) is 2.69. The Hall–Kier alpha value is -3.12. The molecule has 0 saturated carbocycles. The molecule has 2 aromatic rings. The van der Waals surface area contributed by atoms with Crippen LogP contribution >= 0.6 is 0 Å². The number of anilines is 2. The van der Waals surface area contributed by atoms with Crippen LogP contribution in [0.4, 0.5) is 11.4 Å². The molecule has 2 aliphatic heterocycles. The van der Waals surface area contributed by atoms with Crippen molar-refractivity contribution in [1.29, 1.82) is 0 Å². The van der Waals surface area contributed by atoms with Crippen LogP contribution < -0.4 is 15.5 Å². The molecular weight excluding hydrogens is 340 g/mol. The molecule has 0 atom stereocenters. The highest BCUT2D eigenvalue weighted by Crippen LogP contribution is 2.25. The summed E-state index contributed by atoms with van der Waals surface area (Å²) in [6.07, 6.45) is 1.66. The Bertz CT molecular complexity index is 897. The van der Waals surface area contributed by atoms with E-state index in [4.69, 9.17) is 0 Å². The van der Waals surface area contributed by atoms with Crippen LogP contribution in [0.5, 0.6) is 0 Å². The maximum atomic E-state index is 12.2. The van der Waals surface area contributed by atoms with Gasteiger partial charge in [-0.3, -0.25) is 14.9 Å². The fourth-order valence-corrected chi connectivity index (χ4v) is 3.41. The van der Waals surface area contributed by atoms with Gasteiger partial charge in [0.25, 0.3) is 11.8 Å². The molecule has 27 heavy (non-hydrogen) atoms. The standard InChI is InChI=1S/C21H22N4O2/c1-24-10-12-25(13-11-24)16-8-6-15(7-9-16)22-14-19-17-4-2-3-5-18(17)20(26)23-21(19)27/h2-9,14,22H,10-13H2,1H3,(H,23,26,27)/b19-14-. The van der Waals surface area contributed by atoms with E-state index in [1.807, 2.05) is 18.2 Å². The second-order valence-electron chi connectivity index (χ2n) is 6.87. The molecule has 2 heterocycles. The molecular formula is C21H22N4O2. The number of piperazine rings is 1. The number of rotatable bonds is 3. The third-order valence-corrected chi connectivity index (χ3v) is 5.05. The molecule has 0 bridgehead atoms. The summed E-state index contributed by atoms with van der Waals surface area (Å²) >= 11 is 0. The van der Waals surface area contributed by atoms with Gasteiger partial charge in [0.2, 0.25) is 0 Å². The summed E-state index contributed by atoms with van der Waals surface area (Å²) < 4.78 is 0. The summed E-state index contributed by atoms with van der Waals surface area (Å²) in [7, 11) is 2.14. The van der Waals surface area contributed by atoms with Crippen LogP contribution in [0.2, 0.25) is 0 Å². The number of likely N-dealkylation sites (N-methyl/N-ethyl adjacent to an activating group) is 1. The summed E-state index contributed by atoms with van der Waals surface area (Å²) in [4.78, 5) is 28.9. The number of amides is 2. The summed E-state index contributed by atoms with van der Waals surface area (Å²) in [6.45, 7) is 4.19. The zero-order valence-electron chi connectivity index (χ0n) is 15.2. The lowest BCUT2D eigenvalue weighted by Crippen LogP contribution is -2.44. The number of nitrogens with one attached hydrogen (secondary N) is 2. The summed E-state index contributed by atoms with van der Waals surface area (Å²) in [6, 6.07) is 15.3. The average molecular weight is 362 g/mol. The Balaban J connectivity index is 1.50. The zero-order chi connectivity index (χ0) is 18.8. The van der Waals surface area contributed by atoms with Crippen molar-refractivity contribution in [1.82, 2.24) is 10.2 Å². The van der Waals surface area contributed by atoms with Crippen LogP contribution in [0.3, 0.4) is 0 Å². The second-order valence-corrected chi connectivity index (χ2v) is 6.87. The van der Waals surface area contributed by atoms with Crippen molar-refractivity contribution >= 4 is 28.8 Å². The quantitative estimate of drug-likeness (QED) is 0.647. The predicted molar refractivity (Wildman–Crippen MR) is 107 cm³/mol. The van der Waals surface area contributed by atoms with Crippen LogP contribution in [-0.4, -0.2) is 49.9 Å². The van der Waals surface area contributed by atoms with Crippen molar-refractivity contribution in [2.45, 2.75) is 0 Å². The number of nitrogens with zero attached hydrogens (tertiary/aromatic N) is 2. The van der Waals surface area contributed by atoms with Crippen molar-refractivity contribution in [2.24, 2.45) is 0 Å². The van der Waals surface area contributed by atoms with Gasteiger partial charge in [-0.15, -0.1) is 0 Å². The van der Waals surface area contributed by atoms with Crippen LogP contribution in [0.15, 0.2) is 54.7 Å². The minimum Gasteiger partial charge on any atom is -0.369 e. The molecule has 0 aliphatic carbocycles. The highest BCUT2D eigenvalue weighted by Gasteiger charge is 2.26. The van der Waals surface area contributed by atoms with Gasteiger partial charge >= 0.3 is 0 Å². The van der Waals surface area contributed by atoms with Gasteiger partial charge in [0, 0.05) is 54.9 Å². The van der Waals surface area contributed by atoms with Crippen molar-refractivity contribution in [2.75, 3.05) is 43.4 Å². The maximum absolute atomic E-state index is 12.2. The van der Waals surface area contributed by atoms with E-state index < -0.39 is 0 Å². The monoisotopic (exact) mass is 362 g/mol. The van der Waals surface area contributed by atoms with E-state index in [9.17, 15) is 9.59 Å². The van der Waals surface area contributed by atoms with Gasteiger partial charge in [0.05, 0.1) is 5.57 Å². The van der Waals surface area contributed by atoms with Crippen LogP contribution in [0, 0.1) is 0 Å². The number of hydrogen-bond acceptors (Lipinski definition) is 5. The Morgan fingerprint density at radius 2 is 1.56 bits per heavy atom. The number of benzene rings is 2. The van der Waals surface area contributed by atoms with Crippen molar-refractivity contribution in [3.63, 3.8) is 0 Å². The maximum Gasteiger partial charge on any atom is 0.260 e. The van der Waals surface area contributed by atoms with Crippen LogP contribution in [0.25, 0.3) is 5.57 Å². The lowest BCUT2D eigenvalue weighted by molar-refractivity contribution is -0.114. The summed E-state index contributed by atoms with van der Waals surface area (Å²) in [5.74, 6) is -0.746. The van der Waals surface area contributed by atoms with E-state index in [1.165, 1.54) is 5.69 Å². The van der Waals surface area contributed by atoms with Crippen molar-refractivity contribution < 1.29 is 9.59 Å². The number of fused-ring (bicyclic) bond motifs is 1.